The summed E-state index contributed by atoms with van der Waals surface area (Å²) in [5.41, 5.74) is 1.13. The third kappa shape index (κ3) is 3.05. The van der Waals surface area contributed by atoms with Crippen LogP contribution in [0.2, 0.25) is 0 Å². The van der Waals surface area contributed by atoms with Crippen LogP contribution in [0.4, 0.5) is 4.39 Å². The summed E-state index contributed by atoms with van der Waals surface area (Å²) in [6.45, 7) is 0. The zero-order valence-corrected chi connectivity index (χ0v) is 13.0. The van der Waals surface area contributed by atoms with Crippen LogP contribution in [0.1, 0.15) is 5.56 Å². The molecule has 20 heavy (non-hydrogen) atoms. The summed E-state index contributed by atoms with van der Waals surface area (Å²) in [5, 5.41) is 2.45. The summed E-state index contributed by atoms with van der Waals surface area (Å²) in [6.07, 6.45) is 0. The fourth-order valence-corrected chi connectivity index (χ4v) is 3.47. The Bertz CT molecular complexity index is 738. The molecule has 0 radical (unpaired) electrons. The van der Waals surface area contributed by atoms with E-state index in [9.17, 15) is 4.39 Å². The van der Waals surface area contributed by atoms with Crippen LogP contribution in [-0.2, 0) is 5.75 Å². The number of halogens is 2. The Hall–Kier alpha value is -1.32. The molecule has 0 nitrogen and oxygen atoms in total. The Balaban J connectivity index is 1.79. The fourth-order valence-electron chi connectivity index (χ4n) is 2.06. The predicted molar refractivity (Wildman–Crippen MR) is 87.6 cm³/mol. The van der Waals surface area contributed by atoms with Gasteiger partial charge in [-0.15, -0.1) is 11.8 Å². The molecular weight excluding hydrogens is 335 g/mol. The highest BCUT2D eigenvalue weighted by atomic mass is 79.9. The average molecular weight is 347 g/mol. The lowest BCUT2D eigenvalue weighted by atomic mass is 10.1. The van der Waals surface area contributed by atoms with Gasteiger partial charge in [0.1, 0.15) is 5.82 Å². The average Bonchev–Trinajstić information content (AvgIpc) is 2.47. The van der Waals surface area contributed by atoms with Crippen LogP contribution in [0.5, 0.6) is 0 Å². The van der Waals surface area contributed by atoms with Crippen LogP contribution < -0.4 is 0 Å². The molecule has 3 aromatic carbocycles. The van der Waals surface area contributed by atoms with Crippen LogP contribution in [-0.4, -0.2) is 0 Å². The quantitative estimate of drug-likeness (QED) is 0.521. The lowest BCUT2D eigenvalue weighted by Gasteiger charge is -2.05. The van der Waals surface area contributed by atoms with Crippen LogP contribution in [0, 0.1) is 5.82 Å². The monoisotopic (exact) mass is 346 g/mol. The van der Waals surface area contributed by atoms with Crippen molar-refractivity contribution in [3.05, 3.63) is 76.5 Å². The molecule has 0 aliphatic heterocycles. The van der Waals surface area contributed by atoms with Gasteiger partial charge in [-0.25, -0.2) is 4.39 Å². The Morgan fingerprint density at radius 2 is 1.75 bits per heavy atom. The number of rotatable bonds is 3. The van der Waals surface area contributed by atoms with E-state index in [-0.39, 0.29) is 5.82 Å². The molecule has 0 saturated carbocycles. The van der Waals surface area contributed by atoms with Crippen molar-refractivity contribution in [1.29, 1.82) is 0 Å². The second kappa shape index (κ2) is 5.98. The first-order valence-corrected chi connectivity index (χ1v) is 8.06. The molecule has 0 atom stereocenters. The molecule has 3 aromatic rings. The molecule has 0 bridgehead atoms. The Morgan fingerprint density at radius 1 is 0.950 bits per heavy atom. The molecule has 0 saturated heterocycles. The van der Waals surface area contributed by atoms with Crippen molar-refractivity contribution >= 4 is 38.5 Å². The van der Waals surface area contributed by atoms with E-state index in [4.69, 9.17) is 0 Å². The number of hydrogen-bond acceptors (Lipinski definition) is 1. The SMILES string of the molecule is Fc1ccc(CSc2ccc3c(Br)cccc3c2)cc1. The molecule has 0 heterocycles. The van der Waals surface area contributed by atoms with Crippen molar-refractivity contribution in [2.24, 2.45) is 0 Å². The molecule has 0 aliphatic carbocycles. The van der Waals surface area contributed by atoms with E-state index in [1.165, 1.54) is 27.8 Å². The molecule has 0 aliphatic rings. The van der Waals surface area contributed by atoms with Crippen LogP contribution in [0.15, 0.2) is 70.0 Å². The Morgan fingerprint density at radius 3 is 2.55 bits per heavy atom. The second-order valence-electron chi connectivity index (χ2n) is 4.54. The summed E-state index contributed by atoms with van der Waals surface area (Å²) in [4.78, 5) is 1.22. The standard InChI is InChI=1S/C17H12BrFS/c18-17-3-1-2-13-10-15(8-9-16(13)17)20-11-12-4-6-14(19)7-5-12/h1-10H,11H2. The molecule has 100 valence electrons. The van der Waals surface area contributed by atoms with E-state index in [1.807, 2.05) is 24.3 Å². The van der Waals surface area contributed by atoms with Crippen molar-refractivity contribution < 1.29 is 4.39 Å². The van der Waals surface area contributed by atoms with E-state index < -0.39 is 0 Å². The summed E-state index contributed by atoms with van der Waals surface area (Å²) >= 11 is 5.32. The van der Waals surface area contributed by atoms with E-state index in [1.54, 1.807) is 11.8 Å². The normalized spacial score (nSPS) is 10.9. The van der Waals surface area contributed by atoms with E-state index in [0.717, 1.165) is 15.8 Å². The van der Waals surface area contributed by atoms with Crippen LogP contribution in [0.25, 0.3) is 10.8 Å². The van der Waals surface area contributed by atoms with Gasteiger partial charge in [-0.3, -0.25) is 0 Å². The van der Waals surface area contributed by atoms with E-state index >= 15 is 0 Å². The maximum absolute atomic E-state index is 12.9. The van der Waals surface area contributed by atoms with Gasteiger partial charge in [-0.05, 0) is 46.7 Å². The lowest BCUT2D eigenvalue weighted by molar-refractivity contribution is 0.627. The fraction of sp³-hybridized carbons (Fsp3) is 0.0588. The van der Waals surface area contributed by atoms with Gasteiger partial charge in [-0.2, -0.15) is 0 Å². The third-order valence-corrected chi connectivity index (χ3v) is 4.87. The van der Waals surface area contributed by atoms with Crippen molar-refractivity contribution in [3.8, 4) is 0 Å². The minimum atomic E-state index is -0.186. The first-order valence-electron chi connectivity index (χ1n) is 6.28. The molecule has 0 amide bonds. The van der Waals surface area contributed by atoms with Gasteiger partial charge in [0.15, 0.2) is 0 Å². The highest BCUT2D eigenvalue weighted by Gasteiger charge is 2.01. The summed E-state index contributed by atoms with van der Waals surface area (Å²) in [5.74, 6) is 0.661. The van der Waals surface area contributed by atoms with Gasteiger partial charge in [0.25, 0.3) is 0 Å². The highest BCUT2D eigenvalue weighted by molar-refractivity contribution is 9.10. The summed E-state index contributed by atoms with van der Waals surface area (Å²) in [6, 6.07) is 19.3. The number of thioether (sulfide) groups is 1. The second-order valence-corrected chi connectivity index (χ2v) is 6.44. The molecule has 0 fully saturated rings. The van der Waals surface area contributed by atoms with Gasteiger partial charge in [0, 0.05) is 15.1 Å². The minimum absolute atomic E-state index is 0.186. The molecule has 3 rings (SSSR count). The van der Waals surface area contributed by atoms with Crippen molar-refractivity contribution in [3.63, 3.8) is 0 Å². The van der Waals surface area contributed by atoms with Crippen molar-refractivity contribution in [2.75, 3.05) is 0 Å². The van der Waals surface area contributed by atoms with Gasteiger partial charge in [0.05, 0.1) is 0 Å². The van der Waals surface area contributed by atoms with Crippen LogP contribution in [0.3, 0.4) is 0 Å². The number of hydrogen-bond donors (Lipinski definition) is 0. The maximum atomic E-state index is 12.9. The van der Waals surface area contributed by atoms with Gasteiger partial charge in [0.2, 0.25) is 0 Å². The molecule has 0 unspecified atom stereocenters. The first-order chi connectivity index (χ1) is 9.72. The number of benzene rings is 3. The highest BCUT2D eigenvalue weighted by Crippen LogP contribution is 2.29. The van der Waals surface area contributed by atoms with E-state index in [0.29, 0.717) is 0 Å². The first kappa shape index (κ1) is 13.7. The third-order valence-electron chi connectivity index (χ3n) is 3.12. The zero-order valence-electron chi connectivity index (χ0n) is 10.6. The topological polar surface area (TPSA) is 0 Å². The Kier molecular flexibility index (Phi) is 4.08. The van der Waals surface area contributed by atoms with Crippen LogP contribution >= 0.6 is 27.7 Å². The Labute approximate surface area is 130 Å². The molecule has 0 aromatic heterocycles. The zero-order chi connectivity index (χ0) is 13.9. The van der Waals surface area contributed by atoms with E-state index in [2.05, 4.69) is 40.2 Å². The molecule has 3 heteroatoms. The van der Waals surface area contributed by atoms with Gasteiger partial charge in [-0.1, -0.05) is 46.3 Å². The van der Waals surface area contributed by atoms with Gasteiger partial charge >= 0.3 is 0 Å². The van der Waals surface area contributed by atoms with Crippen molar-refractivity contribution in [2.45, 2.75) is 10.6 Å². The molecule has 0 N–H and O–H groups in total. The summed E-state index contributed by atoms with van der Waals surface area (Å²) in [7, 11) is 0. The summed E-state index contributed by atoms with van der Waals surface area (Å²) < 4.78 is 14.0. The number of fused-ring (bicyclic) bond motifs is 1. The minimum Gasteiger partial charge on any atom is -0.207 e. The predicted octanol–water partition coefficient (Wildman–Crippen LogP) is 6.03. The van der Waals surface area contributed by atoms with Crippen molar-refractivity contribution in [1.82, 2.24) is 0 Å². The molecule has 0 spiro atoms. The van der Waals surface area contributed by atoms with Gasteiger partial charge < -0.3 is 0 Å². The smallest absolute Gasteiger partial charge is 0.123 e. The lowest BCUT2D eigenvalue weighted by Crippen LogP contribution is -1.82. The molecular formula is C17H12BrFS. The maximum Gasteiger partial charge on any atom is 0.123 e. The largest absolute Gasteiger partial charge is 0.207 e.